The zero-order chi connectivity index (χ0) is 39.7. The molecule has 4 amide bonds. The Bertz CT molecular complexity index is 1940. The molecule has 288 valence electrons. The van der Waals surface area contributed by atoms with Gasteiger partial charge in [-0.25, -0.2) is 14.6 Å². The van der Waals surface area contributed by atoms with Crippen molar-refractivity contribution in [2.24, 2.45) is 5.41 Å². The highest BCUT2D eigenvalue weighted by Gasteiger charge is 2.39. The van der Waals surface area contributed by atoms with E-state index in [0.29, 0.717) is 37.6 Å². The van der Waals surface area contributed by atoms with Gasteiger partial charge in [0.25, 0.3) is 11.8 Å². The van der Waals surface area contributed by atoms with E-state index in [4.69, 9.17) is 19.0 Å². The molecule has 1 saturated heterocycles. The normalized spacial score (nSPS) is 14.9. The van der Waals surface area contributed by atoms with Crippen LogP contribution in [0.4, 0.5) is 4.79 Å². The predicted octanol–water partition coefficient (Wildman–Crippen LogP) is 3.68. The maximum absolute atomic E-state index is 13.4. The smallest absolute Gasteiger partial charge is 0.410 e. The fourth-order valence-electron chi connectivity index (χ4n) is 5.84. The Morgan fingerprint density at radius 2 is 1.56 bits per heavy atom. The first kappa shape index (κ1) is 41.4. The Kier molecular flexibility index (Phi) is 13.9. The van der Waals surface area contributed by atoms with Crippen LogP contribution < -0.4 is 4.74 Å². The van der Waals surface area contributed by atoms with Crippen molar-refractivity contribution in [2.75, 3.05) is 53.1 Å². The second-order valence-electron chi connectivity index (χ2n) is 13.4. The maximum Gasteiger partial charge on any atom is 0.415 e. The minimum Gasteiger partial charge on any atom is -0.410 e. The van der Waals surface area contributed by atoms with Gasteiger partial charge in [0.1, 0.15) is 11.8 Å². The molecule has 0 unspecified atom stereocenters. The lowest BCUT2D eigenvalue weighted by Gasteiger charge is -2.33. The summed E-state index contributed by atoms with van der Waals surface area (Å²) in [5.74, 6) is -2.45. The van der Waals surface area contributed by atoms with Gasteiger partial charge in [-0.05, 0) is 32.9 Å². The Morgan fingerprint density at radius 1 is 0.907 bits per heavy atom. The molecule has 54 heavy (non-hydrogen) atoms. The third-order valence-corrected chi connectivity index (χ3v) is 9.96. The monoisotopic (exact) mass is 765 g/mol. The molecule has 0 bridgehead atoms. The maximum atomic E-state index is 13.4. The number of hydroxylamine groups is 2. The molecule has 0 atom stereocenters. The van der Waals surface area contributed by atoms with E-state index < -0.39 is 29.3 Å². The van der Waals surface area contributed by atoms with E-state index in [1.54, 1.807) is 59.9 Å². The summed E-state index contributed by atoms with van der Waals surface area (Å²) in [6.07, 6.45) is -0.955. The predicted molar refractivity (Wildman–Crippen MR) is 192 cm³/mol. The molecule has 0 saturated carbocycles. The van der Waals surface area contributed by atoms with Crippen molar-refractivity contribution < 1.29 is 52.6 Å². The zero-order valence-corrected chi connectivity index (χ0v) is 32.0. The topological polar surface area (TPSA) is 203 Å². The molecule has 1 aromatic carbocycles. The number of benzene rings is 1. The van der Waals surface area contributed by atoms with E-state index in [9.17, 15) is 38.8 Å². The molecule has 16 nitrogen and oxygen atoms in total. The van der Waals surface area contributed by atoms with Gasteiger partial charge in [-0.2, -0.15) is 5.26 Å². The van der Waals surface area contributed by atoms with Crippen LogP contribution in [-0.4, -0.2) is 114 Å². The largest absolute Gasteiger partial charge is 0.415 e. The molecule has 0 radical (unpaired) electrons. The number of allylic oxidation sites excluding steroid dienone is 4. The first-order valence-electron chi connectivity index (χ1n) is 17.3. The van der Waals surface area contributed by atoms with Crippen molar-refractivity contribution in [3.8, 4) is 11.8 Å². The van der Waals surface area contributed by atoms with Gasteiger partial charge in [0.2, 0.25) is 5.91 Å². The molecule has 1 aliphatic carbocycles. The summed E-state index contributed by atoms with van der Waals surface area (Å²) in [5, 5.41) is 9.93. The highest BCUT2D eigenvalue weighted by molar-refractivity contribution is 7.19. The zero-order valence-electron chi connectivity index (χ0n) is 31.1. The molecule has 4 rings (SSSR count). The van der Waals surface area contributed by atoms with Gasteiger partial charge in [0.15, 0.2) is 16.6 Å². The van der Waals surface area contributed by atoms with Gasteiger partial charge in [-0.3, -0.25) is 24.0 Å². The summed E-state index contributed by atoms with van der Waals surface area (Å²) in [7, 11) is 1.58. The van der Waals surface area contributed by atoms with E-state index in [-0.39, 0.29) is 100.0 Å². The van der Waals surface area contributed by atoms with Crippen LogP contribution in [-0.2, 0) is 43.1 Å². The van der Waals surface area contributed by atoms with Crippen molar-refractivity contribution in [1.29, 1.82) is 5.26 Å². The van der Waals surface area contributed by atoms with Crippen LogP contribution in [0.25, 0.3) is 10.2 Å². The average molecular weight is 766 g/mol. The molecular formula is C37H43N5O11S. The number of likely N-dealkylation sites (N-methyl/N-ethyl adjacent to an activating group) is 1. The number of amides is 4. The number of imide groups is 1. The van der Waals surface area contributed by atoms with E-state index >= 15 is 0 Å². The van der Waals surface area contributed by atoms with Crippen molar-refractivity contribution in [3.63, 3.8) is 0 Å². The van der Waals surface area contributed by atoms with Crippen molar-refractivity contribution >= 4 is 62.9 Å². The summed E-state index contributed by atoms with van der Waals surface area (Å²) in [6, 6.07) is 6.81. The first-order chi connectivity index (χ1) is 25.5. The first-order valence-corrected chi connectivity index (χ1v) is 18.1. The Hall–Kier alpha value is -5.31. The molecule has 17 heteroatoms. The van der Waals surface area contributed by atoms with Gasteiger partial charge in [0, 0.05) is 79.7 Å². The molecule has 1 aliphatic heterocycles. The van der Waals surface area contributed by atoms with Gasteiger partial charge in [-0.1, -0.05) is 13.8 Å². The molecule has 1 fully saturated rings. The third kappa shape index (κ3) is 10.2. The second kappa shape index (κ2) is 18.1. The lowest BCUT2D eigenvalue weighted by molar-refractivity contribution is -0.198. The number of fused-ring (bicyclic) bond motifs is 1. The average Bonchev–Trinajstić information content (AvgIpc) is 3.69. The molecule has 0 N–H and O–H groups in total. The van der Waals surface area contributed by atoms with Crippen molar-refractivity contribution in [2.45, 2.75) is 60.3 Å². The lowest BCUT2D eigenvalue weighted by Crippen LogP contribution is -2.43. The minimum absolute atomic E-state index is 0.00174. The van der Waals surface area contributed by atoms with Crippen LogP contribution in [0, 0.1) is 16.7 Å². The van der Waals surface area contributed by atoms with E-state index in [1.807, 2.05) is 6.07 Å². The van der Waals surface area contributed by atoms with Crippen LogP contribution in [0.2, 0.25) is 0 Å². The molecular weight excluding hydrogens is 722 g/mol. The number of aromatic nitrogens is 1. The van der Waals surface area contributed by atoms with Gasteiger partial charge in [0.05, 0.1) is 43.1 Å². The van der Waals surface area contributed by atoms with Crippen LogP contribution in [0.15, 0.2) is 40.5 Å². The number of nitriles is 1. The lowest BCUT2D eigenvalue weighted by atomic mass is 9.71. The second-order valence-corrected chi connectivity index (χ2v) is 14.5. The fourth-order valence-corrected chi connectivity index (χ4v) is 6.63. The number of rotatable bonds is 17. The SMILES string of the molecule is CC1=C(C)C(=O)C(C(C)(C)CC(=O)N(C)CCN(CCOCCOCCC(=O)ON2C(=O)CCC2=O)C(=O)Oc2ccc3nc(C#N)sc3c2)=C(C)C1=O. The van der Waals surface area contributed by atoms with E-state index in [2.05, 4.69) is 4.98 Å². The Morgan fingerprint density at radius 3 is 2.22 bits per heavy atom. The quantitative estimate of drug-likeness (QED) is 0.128. The number of nitrogens with zero attached hydrogens (tertiary/aromatic N) is 5. The summed E-state index contributed by atoms with van der Waals surface area (Å²) in [5.41, 5.74) is 1.07. The van der Waals surface area contributed by atoms with Crippen LogP contribution in [0.1, 0.15) is 65.3 Å². The number of hydrogen-bond acceptors (Lipinski definition) is 14. The number of ether oxygens (including phenoxy) is 3. The summed E-state index contributed by atoms with van der Waals surface area (Å²) in [4.78, 5) is 99.7. The highest BCUT2D eigenvalue weighted by atomic mass is 32.1. The Balaban J connectivity index is 1.31. The number of ketones is 2. The van der Waals surface area contributed by atoms with E-state index in [0.717, 1.165) is 11.3 Å². The summed E-state index contributed by atoms with van der Waals surface area (Å²) in [6.45, 7) is 8.84. The molecule has 2 aromatic rings. The Labute approximate surface area is 316 Å². The number of thiazole rings is 1. The van der Waals surface area contributed by atoms with Crippen LogP contribution in [0.3, 0.4) is 0 Å². The highest BCUT2D eigenvalue weighted by Crippen LogP contribution is 2.39. The minimum atomic E-state index is -0.939. The van der Waals surface area contributed by atoms with Gasteiger partial charge in [-0.15, -0.1) is 16.4 Å². The van der Waals surface area contributed by atoms with Crippen LogP contribution in [0.5, 0.6) is 5.75 Å². The van der Waals surface area contributed by atoms with Crippen molar-refractivity contribution in [1.82, 2.24) is 19.8 Å². The molecule has 2 heterocycles. The number of carbonyl (C=O) groups excluding carboxylic acids is 7. The summed E-state index contributed by atoms with van der Waals surface area (Å²) < 4.78 is 17.3. The molecule has 1 aromatic heterocycles. The molecule has 2 aliphatic rings. The summed E-state index contributed by atoms with van der Waals surface area (Å²) >= 11 is 1.16. The van der Waals surface area contributed by atoms with Gasteiger partial charge >= 0.3 is 12.1 Å². The number of hydrogen-bond donors (Lipinski definition) is 0. The third-order valence-electron chi connectivity index (χ3n) is 9.03. The van der Waals surface area contributed by atoms with Gasteiger partial charge < -0.3 is 28.8 Å². The molecule has 0 spiro atoms. The number of carbonyl (C=O) groups is 7. The number of Topliss-reactive ketones (excluding diaryl/α,β-unsaturated/α-hetero) is 2. The fraction of sp³-hybridized carbons (Fsp3) is 0.486. The van der Waals surface area contributed by atoms with Crippen LogP contribution >= 0.6 is 11.3 Å². The van der Waals surface area contributed by atoms with Crippen molar-refractivity contribution in [3.05, 3.63) is 45.5 Å². The standard InChI is InChI=1S/C37H43N5O11S/c1-22-23(2)35(48)33(24(3)34(22)47)37(4,5)20-31(45)40(6)12-13-41(36(49)52-25-7-8-26-27(19-25)54-28(21-38)39-26)14-16-51-18-17-50-15-11-32(46)53-42-29(43)9-10-30(42)44/h7-8,19H,9-18,20H2,1-6H3. The van der Waals surface area contributed by atoms with E-state index in [1.165, 1.54) is 9.80 Å².